The quantitative estimate of drug-likeness (QED) is 0.283. The molecule has 0 spiro atoms. The van der Waals surface area contributed by atoms with Crippen LogP contribution < -0.4 is 10.9 Å². The zero-order valence-corrected chi connectivity index (χ0v) is 17.4. The lowest BCUT2D eigenvalue weighted by Crippen LogP contribution is -2.32. The van der Waals surface area contributed by atoms with Gasteiger partial charge in [0.05, 0.1) is 23.8 Å². The molecule has 28 heavy (non-hydrogen) atoms. The van der Waals surface area contributed by atoms with Crippen LogP contribution in [0.2, 0.25) is 0 Å². The van der Waals surface area contributed by atoms with Crippen molar-refractivity contribution in [1.29, 1.82) is 0 Å². The molecule has 0 saturated heterocycles. The van der Waals surface area contributed by atoms with Crippen LogP contribution >= 0.6 is 11.8 Å². The van der Waals surface area contributed by atoms with E-state index < -0.39 is 0 Å². The molecule has 2 rings (SSSR count). The van der Waals surface area contributed by atoms with Crippen molar-refractivity contribution in [3.8, 4) is 0 Å². The van der Waals surface area contributed by atoms with Gasteiger partial charge in [-0.25, -0.2) is 4.98 Å². The third-order valence-electron chi connectivity index (χ3n) is 4.10. The Kier molecular flexibility index (Phi) is 8.50. The number of nitrogens with one attached hydrogen (secondary N) is 1. The van der Waals surface area contributed by atoms with E-state index in [2.05, 4.69) is 15.0 Å². The lowest BCUT2D eigenvalue weighted by Gasteiger charge is -2.13. The zero-order chi connectivity index (χ0) is 20.5. The smallest absolute Gasteiger partial charge is 0.305 e. The summed E-state index contributed by atoms with van der Waals surface area (Å²) in [7, 11) is 1.38. The number of fused-ring (bicyclic) bond motifs is 1. The van der Waals surface area contributed by atoms with Crippen LogP contribution in [-0.2, 0) is 20.9 Å². The van der Waals surface area contributed by atoms with Crippen molar-refractivity contribution in [3.05, 3.63) is 34.6 Å². The van der Waals surface area contributed by atoms with Gasteiger partial charge in [0.1, 0.15) is 0 Å². The summed E-state index contributed by atoms with van der Waals surface area (Å²) in [5.74, 6) is -0.116. The summed E-state index contributed by atoms with van der Waals surface area (Å²) in [6.07, 6.45) is 2.62. The van der Waals surface area contributed by atoms with E-state index in [0.29, 0.717) is 35.4 Å². The van der Waals surface area contributed by atoms with Gasteiger partial charge in [0.25, 0.3) is 5.56 Å². The van der Waals surface area contributed by atoms with E-state index in [1.54, 1.807) is 16.7 Å². The lowest BCUT2D eigenvalue weighted by atomic mass is 10.2. The highest BCUT2D eigenvalue weighted by atomic mass is 32.2. The van der Waals surface area contributed by atoms with Crippen molar-refractivity contribution in [2.24, 2.45) is 0 Å². The number of carbonyl (C=O) groups is 2. The summed E-state index contributed by atoms with van der Waals surface area (Å²) in [6, 6.07) is 7.28. The summed E-state index contributed by atoms with van der Waals surface area (Å²) in [6.45, 7) is 4.30. The number of nitrogens with zero attached hydrogens (tertiary/aromatic N) is 2. The standard InChI is InChI=1S/C20H27N3O4S/c1-14(2)21-17(24)13-28-20-22-16-10-7-6-9-15(16)19(26)23(20)12-8-4-5-11-18(25)27-3/h6-7,9-10,14H,4-5,8,11-13H2,1-3H3,(H,21,24). The van der Waals surface area contributed by atoms with Crippen LogP contribution in [0.3, 0.4) is 0 Å². The first-order chi connectivity index (χ1) is 13.4. The van der Waals surface area contributed by atoms with E-state index in [0.717, 1.165) is 12.8 Å². The first kappa shape index (κ1) is 21.9. The molecular weight excluding hydrogens is 378 g/mol. The van der Waals surface area contributed by atoms with E-state index >= 15 is 0 Å². The molecule has 1 amide bonds. The third-order valence-corrected chi connectivity index (χ3v) is 5.08. The lowest BCUT2D eigenvalue weighted by molar-refractivity contribution is -0.140. The zero-order valence-electron chi connectivity index (χ0n) is 16.6. The third kappa shape index (κ3) is 6.37. The minimum atomic E-state index is -0.225. The fourth-order valence-corrected chi connectivity index (χ4v) is 3.60. The molecule has 8 heteroatoms. The summed E-state index contributed by atoms with van der Waals surface area (Å²) in [4.78, 5) is 40.7. The Morgan fingerprint density at radius 3 is 2.68 bits per heavy atom. The van der Waals surface area contributed by atoms with Gasteiger partial charge < -0.3 is 10.1 Å². The maximum atomic E-state index is 12.9. The molecule has 0 aliphatic carbocycles. The van der Waals surface area contributed by atoms with Crippen molar-refractivity contribution in [1.82, 2.24) is 14.9 Å². The molecule has 0 unspecified atom stereocenters. The van der Waals surface area contributed by atoms with Gasteiger partial charge in [-0.05, 0) is 38.8 Å². The fraction of sp³-hybridized carbons (Fsp3) is 0.500. The average Bonchev–Trinajstić information content (AvgIpc) is 2.67. The van der Waals surface area contributed by atoms with E-state index in [1.165, 1.54) is 18.9 Å². The van der Waals surface area contributed by atoms with Gasteiger partial charge in [-0.3, -0.25) is 19.0 Å². The summed E-state index contributed by atoms with van der Waals surface area (Å²) >= 11 is 1.26. The molecule has 0 aliphatic rings. The normalized spacial score (nSPS) is 11.0. The van der Waals surface area contributed by atoms with Gasteiger partial charge in [-0.15, -0.1) is 0 Å². The molecule has 0 saturated carbocycles. The highest BCUT2D eigenvalue weighted by Gasteiger charge is 2.13. The number of carbonyl (C=O) groups excluding carboxylic acids is 2. The molecule has 1 aromatic carbocycles. The minimum Gasteiger partial charge on any atom is -0.469 e. The number of thioether (sulfide) groups is 1. The number of unbranched alkanes of at least 4 members (excludes halogenated alkanes) is 2. The molecule has 152 valence electrons. The van der Waals surface area contributed by atoms with Crippen molar-refractivity contribution in [2.75, 3.05) is 12.9 Å². The maximum absolute atomic E-state index is 12.9. The number of esters is 1. The predicted molar refractivity (Wildman–Crippen MR) is 110 cm³/mol. The van der Waals surface area contributed by atoms with Gasteiger partial charge in [0, 0.05) is 19.0 Å². The van der Waals surface area contributed by atoms with Crippen LogP contribution in [0.4, 0.5) is 0 Å². The monoisotopic (exact) mass is 405 g/mol. The van der Waals surface area contributed by atoms with Gasteiger partial charge in [-0.2, -0.15) is 0 Å². The van der Waals surface area contributed by atoms with Crippen molar-refractivity contribution in [3.63, 3.8) is 0 Å². The first-order valence-corrected chi connectivity index (χ1v) is 10.4. The SMILES string of the molecule is COC(=O)CCCCCn1c(SCC(=O)NC(C)C)nc2ccccc2c1=O. The maximum Gasteiger partial charge on any atom is 0.305 e. The van der Waals surface area contributed by atoms with E-state index in [-0.39, 0.29) is 29.2 Å². The Balaban J connectivity index is 2.13. The van der Waals surface area contributed by atoms with Crippen LogP contribution in [0.25, 0.3) is 10.9 Å². The van der Waals surface area contributed by atoms with E-state index in [4.69, 9.17) is 0 Å². The second-order valence-electron chi connectivity index (χ2n) is 6.77. The molecule has 0 radical (unpaired) electrons. The highest BCUT2D eigenvalue weighted by molar-refractivity contribution is 7.99. The molecular formula is C20H27N3O4S. The van der Waals surface area contributed by atoms with Gasteiger partial charge in [-0.1, -0.05) is 30.3 Å². The molecule has 2 aromatic rings. The van der Waals surface area contributed by atoms with Crippen LogP contribution in [-0.4, -0.2) is 40.3 Å². The number of ether oxygens (including phenoxy) is 1. The second-order valence-corrected chi connectivity index (χ2v) is 7.71. The van der Waals surface area contributed by atoms with Crippen molar-refractivity contribution in [2.45, 2.75) is 57.3 Å². The summed E-state index contributed by atoms with van der Waals surface area (Å²) < 4.78 is 6.27. The summed E-state index contributed by atoms with van der Waals surface area (Å²) in [5.41, 5.74) is 0.520. The first-order valence-electron chi connectivity index (χ1n) is 9.41. The molecule has 7 nitrogen and oxygen atoms in total. The van der Waals surface area contributed by atoms with E-state index in [1.807, 2.05) is 26.0 Å². The molecule has 0 bridgehead atoms. The van der Waals surface area contributed by atoms with Crippen molar-refractivity contribution < 1.29 is 14.3 Å². The second kappa shape index (κ2) is 10.8. The Hall–Kier alpha value is -2.35. The number of aromatic nitrogens is 2. The van der Waals surface area contributed by atoms with E-state index in [9.17, 15) is 14.4 Å². The number of amides is 1. The molecule has 0 atom stereocenters. The van der Waals surface area contributed by atoms with Gasteiger partial charge >= 0.3 is 5.97 Å². The Morgan fingerprint density at radius 2 is 1.96 bits per heavy atom. The number of benzene rings is 1. The van der Waals surface area contributed by atoms with Crippen LogP contribution in [0.15, 0.2) is 34.2 Å². The molecule has 1 N–H and O–H groups in total. The topological polar surface area (TPSA) is 90.3 Å². The molecule has 0 fully saturated rings. The number of rotatable bonds is 10. The number of para-hydroxylation sites is 1. The Bertz CT molecular complexity index is 879. The Labute approximate surface area is 168 Å². The highest BCUT2D eigenvalue weighted by Crippen LogP contribution is 2.18. The fourth-order valence-electron chi connectivity index (χ4n) is 2.77. The number of methoxy groups -OCH3 is 1. The molecule has 1 heterocycles. The number of hydrogen-bond acceptors (Lipinski definition) is 6. The Morgan fingerprint density at radius 1 is 1.21 bits per heavy atom. The molecule has 1 aromatic heterocycles. The van der Waals surface area contributed by atoms with Crippen LogP contribution in [0.5, 0.6) is 0 Å². The number of hydrogen-bond donors (Lipinski definition) is 1. The van der Waals surface area contributed by atoms with Gasteiger partial charge in [0.15, 0.2) is 5.16 Å². The largest absolute Gasteiger partial charge is 0.469 e. The van der Waals surface area contributed by atoms with Crippen molar-refractivity contribution >= 4 is 34.5 Å². The average molecular weight is 406 g/mol. The van der Waals surface area contributed by atoms with Crippen LogP contribution in [0.1, 0.15) is 39.5 Å². The minimum absolute atomic E-state index is 0.0645. The molecule has 0 aliphatic heterocycles. The predicted octanol–water partition coefficient (Wildman–Crippen LogP) is 2.75. The summed E-state index contributed by atoms with van der Waals surface area (Å²) in [5, 5.41) is 3.94. The van der Waals surface area contributed by atoms with Gasteiger partial charge in [0.2, 0.25) is 5.91 Å². The van der Waals surface area contributed by atoms with Crippen LogP contribution in [0, 0.1) is 0 Å².